The molecule has 0 aliphatic rings. The van der Waals surface area contributed by atoms with E-state index in [1.165, 1.54) is 0 Å². The molecule has 0 aliphatic heterocycles. The highest BCUT2D eigenvalue weighted by Gasteiger charge is 2.05. The molecule has 0 fully saturated rings. The van der Waals surface area contributed by atoms with Crippen LogP contribution in [-0.2, 0) is 6.61 Å². The average Bonchev–Trinajstić information content (AvgIpc) is 3.20. The van der Waals surface area contributed by atoms with Crippen LogP contribution < -0.4 is 4.74 Å². The van der Waals surface area contributed by atoms with Gasteiger partial charge in [0.25, 0.3) is 0 Å². The standard InChI is InChI=1S/C19H15N5O2/c25-17-9-5-13(6-10-19-21-23-24-22-19)11-18(17)26-12-15-8-7-14-3-1-2-4-16(14)20-15/h1-11,25H,12H2,(H,21,22,23,24). The van der Waals surface area contributed by atoms with Crippen LogP contribution in [0.25, 0.3) is 23.1 Å². The number of phenolic OH excluding ortho intramolecular Hbond substituents is 1. The molecule has 26 heavy (non-hydrogen) atoms. The maximum Gasteiger partial charge on any atom is 0.197 e. The predicted octanol–water partition coefficient (Wildman–Crippen LogP) is 3.20. The minimum absolute atomic E-state index is 0.0718. The van der Waals surface area contributed by atoms with Gasteiger partial charge in [-0.15, -0.1) is 10.2 Å². The molecule has 128 valence electrons. The van der Waals surface area contributed by atoms with Crippen molar-refractivity contribution >= 4 is 23.1 Å². The van der Waals surface area contributed by atoms with E-state index in [1.54, 1.807) is 24.3 Å². The van der Waals surface area contributed by atoms with E-state index in [0.717, 1.165) is 22.2 Å². The molecule has 0 bridgehead atoms. The van der Waals surface area contributed by atoms with Gasteiger partial charge in [-0.2, -0.15) is 5.21 Å². The fourth-order valence-electron chi connectivity index (χ4n) is 2.50. The highest BCUT2D eigenvalue weighted by Crippen LogP contribution is 2.28. The largest absolute Gasteiger partial charge is 0.504 e. The number of tetrazole rings is 1. The molecule has 0 spiro atoms. The highest BCUT2D eigenvalue weighted by atomic mass is 16.5. The van der Waals surface area contributed by atoms with Crippen LogP contribution in [0.15, 0.2) is 54.6 Å². The van der Waals surface area contributed by atoms with E-state index < -0.39 is 0 Å². The Morgan fingerprint density at radius 1 is 1.04 bits per heavy atom. The molecule has 0 unspecified atom stereocenters. The van der Waals surface area contributed by atoms with Crippen LogP contribution in [0.5, 0.6) is 11.5 Å². The number of phenols is 1. The van der Waals surface area contributed by atoms with Gasteiger partial charge in [0, 0.05) is 5.39 Å². The molecule has 0 atom stereocenters. The Labute approximate surface area is 149 Å². The predicted molar refractivity (Wildman–Crippen MR) is 97.3 cm³/mol. The molecule has 2 heterocycles. The third-order valence-electron chi connectivity index (χ3n) is 3.80. The van der Waals surface area contributed by atoms with Gasteiger partial charge in [-0.05, 0) is 41.1 Å². The van der Waals surface area contributed by atoms with Crippen molar-refractivity contribution in [2.24, 2.45) is 0 Å². The molecular formula is C19H15N5O2. The normalized spacial score (nSPS) is 11.2. The lowest BCUT2D eigenvalue weighted by atomic mass is 10.2. The average molecular weight is 345 g/mol. The first-order valence-corrected chi connectivity index (χ1v) is 8.00. The summed E-state index contributed by atoms with van der Waals surface area (Å²) in [4.78, 5) is 4.56. The van der Waals surface area contributed by atoms with Crippen LogP contribution in [0.1, 0.15) is 17.1 Å². The van der Waals surface area contributed by atoms with Crippen molar-refractivity contribution in [3.05, 3.63) is 71.7 Å². The van der Waals surface area contributed by atoms with Gasteiger partial charge in [-0.1, -0.05) is 36.4 Å². The summed E-state index contributed by atoms with van der Waals surface area (Å²) in [6.07, 6.45) is 3.52. The van der Waals surface area contributed by atoms with Gasteiger partial charge in [0.05, 0.1) is 11.2 Å². The molecule has 2 aromatic carbocycles. The van der Waals surface area contributed by atoms with E-state index in [0.29, 0.717) is 11.6 Å². The first-order valence-electron chi connectivity index (χ1n) is 8.00. The van der Waals surface area contributed by atoms with E-state index in [-0.39, 0.29) is 12.4 Å². The third-order valence-corrected chi connectivity index (χ3v) is 3.80. The van der Waals surface area contributed by atoms with Gasteiger partial charge in [0.1, 0.15) is 6.61 Å². The number of hydrogen-bond acceptors (Lipinski definition) is 6. The number of H-pyrrole nitrogens is 1. The van der Waals surface area contributed by atoms with E-state index in [1.807, 2.05) is 42.5 Å². The van der Waals surface area contributed by atoms with E-state index in [2.05, 4.69) is 25.6 Å². The molecule has 0 amide bonds. The van der Waals surface area contributed by atoms with Crippen molar-refractivity contribution in [1.82, 2.24) is 25.6 Å². The minimum Gasteiger partial charge on any atom is -0.504 e. The smallest absolute Gasteiger partial charge is 0.197 e. The van der Waals surface area contributed by atoms with Crippen LogP contribution in [-0.4, -0.2) is 30.7 Å². The maximum atomic E-state index is 10.0. The Bertz CT molecular complexity index is 1060. The van der Waals surface area contributed by atoms with Crippen molar-refractivity contribution in [3.8, 4) is 11.5 Å². The van der Waals surface area contributed by atoms with Crippen molar-refractivity contribution in [2.75, 3.05) is 0 Å². The van der Waals surface area contributed by atoms with Crippen LogP contribution in [0.2, 0.25) is 0 Å². The Kier molecular flexibility index (Phi) is 4.26. The number of benzene rings is 2. The lowest BCUT2D eigenvalue weighted by molar-refractivity contribution is 0.285. The van der Waals surface area contributed by atoms with Gasteiger partial charge in [-0.3, -0.25) is 0 Å². The lowest BCUT2D eigenvalue weighted by Crippen LogP contribution is -1.99. The van der Waals surface area contributed by atoms with E-state index in [9.17, 15) is 5.11 Å². The summed E-state index contributed by atoms with van der Waals surface area (Å²) in [5.74, 6) is 0.929. The lowest BCUT2D eigenvalue weighted by Gasteiger charge is -2.09. The minimum atomic E-state index is 0.0718. The van der Waals surface area contributed by atoms with Crippen LogP contribution >= 0.6 is 0 Å². The van der Waals surface area contributed by atoms with Crippen molar-refractivity contribution in [3.63, 3.8) is 0 Å². The first-order chi connectivity index (χ1) is 12.8. The molecule has 0 aliphatic carbocycles. The zero-order valence-electron chi connectivity index (χ0n) is 13.7. The molecule has 2 aromatic heterocycles. The van der Waals surface area contributed by atoms with E-state index in [4.69, 9.17) is 4.74 Å². The summed E-state index contributed by atoms with van der Waals surface area (Å²) in [6.45, 7) is 0.260. The molecule has 4 aromatic rings. The summed E-state index contributed by atoms with van der Waals surface area (Å²) in [7, 11) is 0. The van der Waals surface area contributed by atoms with Crippen molar-refractivity contribution < 1.29 is 9.84 Å². The highest BCUT2D eigenvalue weighted by molar-refractivity contribution is 5.78. The molecule has 4 rings (SSSR count). The molecule has 0 saturated carbocycles. The van der Waals surface area contributed by atoms with Crippen molar-refractivity contribution in [2.45, 2.75) is 6.61 Å². The summed E-state index contributed by atoms with van der Waals surface area (Å²) in [5.41, 5.74) is 2.54. The first kappa shape index (κ1) is 15.8. The van der Waals surface area contributed by atoms with Gasteiger partial charge < -0.3 is 9.84 Å². The van der Waals surface area contributed by atoms with Gasteiger partial charge in [-0.25, -0.2) is 4.98 Å². The number of nitrogens with one attached hydrogen (secondary N) is 1. The molecule has 0 radical (unpaired) electrons. The molecule has 7 heteroatoms. The zero-order chi connectivity index (χ0) is 17.8. The maximum absolute atomic E-state index is 10.0. The molecule has 7 nitrogen and oxygen atoms in total. The Morgan fingerprint density at radius 3 is 2.85 bits per heavy atom. The third kappa shape index (κ3) is 3.51. The molecular weight excluding hydrogens is 330 g/mol. The molecule has 0 saturated heterocycles. The summed E-state index contributed by atoms with van der Waals surface area (Å²) in [5, 5.41) is 24.7. The Morgan fingerprint density at radius 2 is 1.96 bits per heavy atom. The van der Waals surface area contributed by atoms with Gasteiger partial charge >= 0.3 is 0 Å². The van der Waals surface area contributed by atoms with Gasteiger partial charge in [0.15, 0.2) is 17.3 Å². The molecule has 2 N–H and O–H groups in total. The topological polar surface area (TPSA) is 96.8 Å². The number of para-hydroxylation sites is 1. The summed E-state index contributed by atoms with van der Waals surface area (Å²) < 4.78 is 5.75. The van der Waals surface area contributed by atoms with Crippen LogP contribution in [0.4, 0.5) is 0 Å². The number of rotatable bonds is 5. The quantitative estimate of drug-likeness (QED) is 0.576. The second-order valence-corrected chi connectivity index (χ2v) is 5.61. The fraction of sp³-hybridized carbons (Fsp3) is 0.0526. The summed E-state index contributed by atoms with van der Waals surface area (Å²) >= 11 is 0. The number of nitrogens with zero attached hydrogens (tertiary/aromatic N) is 4. The SMILES string of the molecule is Oc1ccc(C=Cc2nn[nH]n2)cc1OCc1ccc2ccccc2n1. The number of aromatic amines is 1. The second-order valence-electron chi connectivity index (χ2n) is 5.61. The van der Waals surface area contributed by atoms with Gasteiger partial charge in [0.2, 0.25) is 0 Å². The van der Waals surface area contributed by atoms with E-state index >= 15 is 0 Å². The number of pyridine rings is 1. The Hall–Kier alpha value is -3.74. The monoisotopic (exact) mass is 345 g/mol. The fourth-order valence-corrected chi connectivity index (χ4v) is 2.50. The van der Waals surface area contributed by atoms with Crippen LogP contribution in [0.3, 0.4) is 0 Å². The van der Waals surface area contributed by atoms with Crippen molar-refractivity contribution in [1.29, 1.82) is 0 Å². The second kappa shape index (κ2) is 7.02. The number of hydrogen-bond donors (Lipinski definition) is 2. The number of ether oxygens (including phenoxy) is 1. The van der Waals surface area contributed by atoms with Crippen LogP contribution in [0, 0.1) is 0 Å². The summed E-state index contributed by atoms with van der Waals surface area (Å²) in [6, 6.07) is 16.9. The zero-order valence-corrected chi connectivity index (χ0v) is 13.7. The number of fused-ring (bicyclic) bond motifs is 1. The number of aromatic hydroxyl groups is 1. The number of aromatic nitrogens is 5. The Balaban J connectivity index is 1.50.